The average Bonchev–Trinajstić information content (AvgIpc) is 3.05. The molecule has 0 radical (unpaired) electrons. The van der Waals surface area contributed by atoms with Gasteiger partial charge in [-0.15, -0.1) is 21.5 Å². The number of thiazole rings is 1. The number of rotatable bonds is 6. The van der Waals surface area contributed by atoms with E-state index in [1.165, 1.54) is 35.2 Å². The van der Waals surface area contributed by atoms with Crippen molar-refractivity contribution in [3.8, 4) is 11.3 Å². The summed E-state index contributed by atoms with van der Waals surface area (Å²) in [6, 6.07) is 9.64. The smallest absolute Gasteiger partial charge is 0.270 e. The van der Waals surface area contributed by atoms with E-state index in [-0.39, 0.29) is 17.3 Å². The molecule has 26 heavy (non-hydrogen) atoms. The van der Waals surface area contributed by atoms with Crippen LogP contribution < -0.4 is 5.32 Å². The van der Waals surface area contributed by atoms with E-state index in [1.807, 2.05) is 12.3 Å². The summed E-state index contributed by atoms with van der Waals surface area (Å²) in [6.45, 7) is 1.86. The zero-order valence-corrected chi connectivity index (χ0v) is 15.2. The van der Waals surface area contributed by atoms with Crippen LogP contribution in [0.25, 0.3) is 11.3 Å². The lowest BCUT2D eigenvalue weighted by Crippen LogP contribution is -2.14. The molecule has 3 aromatic rings. The summed E-state index contributed by atoms with van der Waals surface area (Å²) in [4.78, 5) is 26.5. The van der Waals surface area contributed by atoms with Gasteiger partial charge in [0, 0.05) is 23.1 Å². The molecule has 8 nitrogen and oxygen atoms in total. The Morgan fingerprint density at radius 1 is 1.31 bits per heavy atom. The van der Waals surface area contributed by atoms with E-state index in [0.29, 0.717) is 21.4 Å². The minimum absolute atomic E-state index is 0.00292. The van der Waals surface area contributed by atoms with Crippen molar-refractivity contribution in [1.82, 2.24) is 15.2 Å². The van der Waals surface area contributed by atoms with Gasteiger partial charge in [0.25, 0.3) is 5.69 Å². The minimum Gasteiger partial charge on any atom is -0.301 e. The number of nitrogens with zero attached hydrogens (tertiary/aromatic N) is 4. The number of aromatic nitrogens is 3. The first kappa shape index (κ1) is 18.0. The van der Waals surface area contributed by atoms with Gasteiger partial charge in [-0.25, -0.2) is 4.98 Å². The number of carbonyl (C=O) groups is 1. The Labute approximate surface area is 156 Å². The SMILES string of the molecule is Cc1csc(NC(=O)CSc2ccc(-c3cccc([N+](=O)[O-])c3)nn2)n1. The minimum atomic E-state index is -0.455. The normalized spacial score (nSPS) is 10.5. The molecule has 10 heteroatoms. The number of hydrogen-bond acceptors (Lipinski definition) is 8. The summed E-state index contributed by atoms with van der Waals surface area (Å²) in [5, 5.41) is 24.7. The van der Waals surface area contributed by atoms with E-state index in [0.717, 1.165) is 5.69 Å². The first-order valence-corrected chi connectivity index (χ1v) is 9.31. The number of benzene rings is 1. The standard InChI is InChI=1S/C16H13N5O3S2/c1-10-8-26-16(17-10)18-14(22)9-25-15-6-5-13(19-20-15)11-3-2-4-12(7-11)21(23)24/h2-8H,9H2,1H3,(H,17,18,22). The molecule has 1 amide bonds. The van der Waals surface area contributed by atoms with E-state index < -0.39 is 4.92 Å². The van der Waals surface area contributed by atoms with Crippen LogP contribution in [0.4, 0.5) is 10.8 Å². The first-order chi connectivity index (χ1) is 12.5. The maximum atomic E-state index is 11.9. The summed E-state index contributed by atoms with van der Waals surface area (Å²) in [6.07, 6.45) is 0. The number of aryl methyl sites for hydroxylation is 1. The second-order valence-corrected chi connectivity index (χ2v) is 7.05. The molecule has 0 unspecified atom stereocenters. The van der Waals surface area contributed by atoms with E-state index in [1.54, 1.807) is 24.3 Å². The first-order valence-electron chi connectivity index (χ1n) is 7.44. The highest BCUT2D eigenvalue weighted by Crippen LogP contribution is 2.23. The van der Waals surface area contributed by atoms with Crippen molar-refractivity contribution in [2.24, 2.45) is 0 Å². The lowest BCUT2D eigenvalue weighted by Gasteiger charge is -2.03. The molecule has 0 aliphatic rings. The molecule has 0 saturated heterocycles. The summed E-state index contributed by atoms with van der Waals surface area (Å²) in [5.74, 6) is 0.0117. The summed E-state index contributed by atoms with van der Waals surface area (Å²) in [7, 11) is 0. The quantitative estimate of drug-likeness (QED) is 0.391. The maximum Gasteiger partial charge on any atom is 0.270 e. The third-order valence-electron chi connectivity index (χ3n) is 3.21. The molecule has 0 atom stereocenters. The van der Waals surface area contributed by atoms with Gasteiger partial charge in [-0.3, -0.25) is 14.9 Å². The Bertz CT molecular complexity index is 943. The molecular formula is C16H13N5O3S2. The number of nitro groups is 1. The lowest BCUT2D eigenvalue weighted by molar-refractivity contribution is -0.384. The number of amides is 1. The Morgan fingerprint density at radius 3 is 2.81 bits per heavy atom. The van der Waals surface area contributed by atoms with Gasteiger partial charge >= 0.3 is 0 Å². The number of nitro benzene ring substituents is 1. The maximum absolute atomic E-state index is 11.9. The molecule has 1 aromatic carbocycles. The number of non-ortho nitro benzene ring substituents is 1. The van der Waals surface area contributed by atoms with Gasteiger partial charge in [-0.1, -0.05) is 23.9 Å². The van der Waals surface area contributed by atoms with Gasteiger partial charge in [-0.2, -0.15) is 0 Å². The Balaban J connectivity index is 1.60. The van der Waals surface area contributed by atoms with Crippen LogP contribution in [0, 0.1) is 17.0 Å². The zero-order valence-electron chi connectivity index (χ0n) is 13.6. The van der Waals surface area contributed by atoms with Crippen molar-refractivity contribution < 1.29 is 9.72 Å². The molecule has 2 aromatic heterocycles. The van der Waals surface area contributed by atoms with Gasteiger partial charge in [0.05, 0.1) is 22.1 Å². The lowest BCUT2D eigenvalue weighted by atomic mass is 10.1. The molecule has 0 spiro atoms. The molecule has 2 heterocycles. The van der Waals surface area contributed by atoms with Gasteiger partial charge in [-0.05, 0) is 19.1 Å². The van der Waals surface area contributed by atoms with Crippen molar-refractivity contribution in [1.29, 1.82) is 0 Å². The highest BCUT2D eigenvalue weighted by molar-refractivity contribution is 7.99. The van der Waals surface area contributed by atoms with Crippen LogP contribution >= 0.6 is 23.1 Å². The monoisotopic (exact) mass is 387 g/mol. The van der Waals surface area contributed by atoms with Crippen LogP contribution in [0.2, 0.25) is 0 Å². The second kappa shape index (κ2) is 8.02. The molecule has 0 bridgehead atoms. The van der Waals surface area contributed by atoms with Gasteiger partial charge in [0.1, 0.15) is 5.03 Å². The zero-order chi connectivity index (χ0) is 18.5. The predicted molar refractivity (Wildman–Crippen MR) is 100 cm³/mol. The largest absolute Gasteiger partial charge is 0.301 e. The van der Waals surface area contributed by atoms with Crippen LogP contribution in [-0.2, 0) is 4.79 Å². The highest BCUT2D eigenvalue weighted by Gasteiger charge is 2.10. The molecular weight excluding hydrogens is 374 g/mol. The van der Waals surface area contributed by atoms with Crippen molar-refractivity contribution in [3.63, 3.8) is 0 Å². The van der Waals surface area contributed by atoms with Crippen LogP contribution in [0.5, 0.6) is 0 Å². The molecule has 0 aliphatic heterocycles. The van der Waals surface area contributed by atoms with Gasteiger partial charge < -0.3 is 5.32 Å². The number of carbonyl (C=O) groups excluding carboxylic acids is 1. The van der Waals surface area contributed by atoms with Crippen molar-refractivity contribution in [2.75, 3.05) is 11.1 Å². The number of nitrogens with one attached hydrogen (secondary N) is 1. The summed E-state index contributed by atoms with van der Waals surface area (Å²) in [5.41, 5.74) is 2.00. The van der Waals surface area contributed by atoms with Gasteiger partial charge in [0.15, 0.2) is 5.13 Å². The molecule has 132 valence electrons. The van der Waals surface area contributed by atoms with Crippen molar-refractivity contribution in [3.05, 3.63) is 57.6 Å². The highest BCUT2D eigenvalue weighted by atomic mass is 32.2. The van der Waals surface area contributed by atoms with Crippen LogP contribution in [0.15, 0.2) is 46.8 Å². The van der Waals surface area contributed by atoms with E-state index in [2.05, 4.69) is 20.5 Å². The summed E-state index contributed by atoms with van der Waals surface area (Å²) >= 11 is 2.62. The van der Waals surface area contributed by atoms with E-state index >= 15 is 0 Å². The Morgan fingerprint density at radius 2 is 2.15 bits per heavy atom. The topological polar surface area (TPSA) is 111 Å². The van der Waals surface area contributed by atoms with Crippen LogP contribution in [0.3, 0.4) is 0 Å². The third kappa shape index (κ3) is 4.61. The van der Waals surface area contributed by atoms with Crippen molar-refractivity contribution in [2.45, 2.75) is 11.9 Å². The van der Waals surface area contributed by atoms with E-state index in [9.17, 15) is 14.9 Å². The number of thioether (sulfide) groups is 1. The number of hydrogen-bond donors (Lipinski definition) is 1. The third-order valence-corrected chi connectivity index (χ3v) is 5.00. The molecule has 1 N–H and O–H groups in total. The van der Waals surface area contributed by atoms with Gasteiger partial charge in [0.2, 0.25) is 5.91 Å². The molecule has 0 saturated carbocycles. The molecule has 3 rings (SSSR count). The second-order valence-electron chi connectivity index (χ2n) is 5.20. The van der Waals surface area contributed by atoms with Crippen molar-refractivity contribution >= 4 is 39.8 Å². The summed E-state index contributed by atoms with van der Waals surface area (Å²) < 4.78 is 0. The van der Waals surface area contributed by atoms with Crippen LogP contribution in [0.1, 0.15) is 5.69 Å². The fourth-order valence-corrected chi connectivity index (χ4v) is 3.35. The molecule has 0 fully saturated rings. The fraction of sp³-hybridized carbons (Fsp3) is 0.125. The Kier molecular flexibility index (Phi) is 5.54. The average molecular weight is 387 g/mol. The van der Waals surface area contributed by atoms with E-state index in [4.69, 9.17) is 0 Å². The fourth-order valence-electron chi connectivity index (χ4n) is 2.04. The predicted octanol–water partition coefficient (Wildman–Crippen LogP) is 3.55. The Hall–Kier alpha value is -2.85. The number of anilines is 1. The van der Waals surface area contributed by atoms with Crippen LogP contribution in [-0.4, -0.2) is 31.8 Å². The molecule has 0 aliphatic carbocycles.